The van der Waals surface area contributed by atoms with Gasteiger partial charge in [-0.05, 0) is 0 Å². The molecule has 0 fully saturated rings. The molecule has 14 heavy (non-hydrogen) atoms. The Morgan fingerprint density at radius 2 is 1.79 bits per heavy atom. The van der Waals surface area contributed by atoms with E-state index < -0.39 is 11.3 Å². The molecule has 0 radical (unpaired) electrons. The van der Waals surface area contributed by atoms with Crippen molar-refractivity contribution in [3.63, 3.8) is 0 Å². The first-order valence-electron chi connectivity index (χ1n) is 3.58. The van der Waals surface area contributed by atoms with Crippen molar-refractivity contribution in [3.05, 3.63) is 26.9 Å². The van der Waals surface area contributed by atoms with Gasteiger partial charge in [-0.3, -0.25) is 0 Å². The van der Waals surface area contributed by atoms with Crippen LogP contribution < -0.4 is 22.7 Å². The van der Waals surface area contributed by atoms with Gasteiger partial charge in [-0.25, -0.2) is 14.6 Å². The maximum atomic E-state index is 10.8. The Labute approximate surface area is 75.9 Å². The second-order valence-electron chi connectivity index (χ2n) is 2.54. The number of aromatic nitrogens is 1. The van der Waals surface area contributed by atoms with Crippen molar-refractivity contribution in [1.82, 2.24) is 4.98 Å². The molecule has 0 unspecified atom stereocenters. The first-order valence-corrected chi connectivity index (χ1v) is 3.58. The number of anilines is 2. The van der Waals surface area contributed by atoms with E-state index >= 15 is 0 Å². The fourth-order valence-electron chi connectivity index (χ4n) is 1.00. The Bertz CT molecular complexity index is 612. The largest absolute Gasteiger partial charge is 0.423 e. The third-order valence-electron chi connectivity index (χ3n) is 1.55. The van der Waals surface area contributed by atoms with Gasteiger partial charge in [0, 0.05) is 6.07 Å². The monoisotopic (exact) mass is 195 g/mol. The third kappa shape index (κ3) is 1.11. The number of fused-ring (bicyclic) bond motifs is 1. The normalized spacial score (nSPS) is 10.6. The molecule has 0 aliphatic heterocycles. The average molecular weight is 195 g/mol. The zero-order chi connectivity index (χ0) is 10.3. The highest BCUT2D eigenvalue weighted by molar-refractivity contribution is 5.82. The van der Waals surface area contributed by atoms with Crippen LogP contribution in [0.2, 0.25) is 0 Å². The molecule has 0 aromatic carbocycles. The Morgan fingerprint density at radius 1 is 1.14 bits per heavy atom. The number of nitrogens with zero attached hydrogens (tertiary/aromatic N) is 1. The summed E-state index contributed by atoms with van der Waals surface area (Å²) in [6.45, 7) is 0. The van der Waals surface area contributed by atoms with Crippen molar-refractivity contribution in [2.45, 2.75) is 0 Å². The highest BCUT2D eigenvalue weighted by atomic mass is 16.5. The molecule has 7 heteroatoms. The van der Waals surface area contributed by atoms with Gasteiger partial charge in [-0.15, -0.1) is 0 Å². The summed E-state index contributed by atoms with van der Waals surface area (Å²) < 4.78 is 9.17. The van der Waals surface area contributed by atoms with Crippen LogP contribution in [0.15, 0.2) is 24.5 Å². The number of hydrogen-bond donors (Lipinski definition) is 2. The molecular formula is C7H5N3O4. The third-order valence-corrected chi connectivity index (χ3v) is 1.55. The number of rotatable bonds is 0. The van der Waals surface area contributed by atoms with Gasteiger partial charge in [0.05, 0.1) is 0 Å². The number of pyridine rings is 1. The first-order chi connectivity index (χ1) is 6.58. The van der Waals surface area contributed by atoms with Crippen LogP contribution in [0.1, 0.15) is 0 Å². The lowest BCUT2D eigenvalue weighted by molar-refractivity contribution is 0.449. The van der Waals surface area contributed by atoms with Crippen molar-refractivity contribution in [1.29, 1.82) is 0 Å². The van der Waals surface area contributed by atoms with Gasteiger partial charge >= 0.3 is 11.3 Å². The van der Waals surface area contributed by atoms with Crippen LogP contribution in [0.25, 0.3) is 11.2 Å². The lowest BCUT2D eigenvalue weighted by Gasteiger charge is -1.98. The van der Waals surface area contributed by atoms with E-state index in [1.165, 1.54) is 6.07 Å². The predicted octanol–water partition coefficient (Wildman–Crippen LogP) is -0.694. The van der Waals surface area contributed by atoms with Gasteiger partial charge in [0.25, 0.3) is 0 Å². The van der Waals surface area contributed by atoms with E-state index in [0.717, 1.165) is 0 Å². The van der Waals surface area contributed by atoms with E-state index in [2.05, 4.69) is 13.8 Å². The highest BCUT2D eigenvalue weighted by Gasteiger charge is 2.09. The lowest BCUT2D eigenvalue weighted by Crippen LogP contribution is -2.21. The van der Waals surface area contributed by atoms with E-state index in [4.69, 9.17) is 11.5 Å². The quantitative estimate of drug-likeness (QED) is 0.532. The molecule has 7 nitrogen and oxygen atoms in total. The lowest BCUT2D eigenvalue weighted by atomic mass is 10.4. The van der Waals surface area contributed by atoms with Crippen LogP contribution in [0.4, 0.5) is 11.6 Å². The predicted molar refractivity (Wildman–Crippen MR) is 47.6 cm³/mol. The summed E-state index contributed by atoms with van der Waals surface area (Å²) in [5, 5.41) is 0. The molecule has 0 bridgehead atoms. The molecule has 4 N–H and O–H groups in total. The van der Waals surface area contributed by atoms with Gasteiger partial charge in [0.2, 0.25) is 5.58 Å². The van der Waals surface area contributed by atoms with Crippen LogP contribution in [0, 0.1) is 0 Å². The minimum absolute atomic E-state index is 0.000370. The summed E-state index contributed by atoms with van der Waals surface area (Å²) >= 11 is 0. The van der Waals surface area contributed by atoms with Crippen LogP contribution in [-0.4, -0.2) is 4.98 Å². The standard InChI is InChI=1S/C7H5N3O4/c8-3-1-2-4(5(9)10-3)14-7(12)6(11)13-2/h1H,(H4,8,9,10). The fraction of sp³-hybridized carbons (Fsp3) is 0. The summed E-state index contributed by atoms with van der Waals surface area (Å²) in [7, 11) is 0. The zero-order valence-electron chi connectivity index (χ0n) is 6.81. The van der Waals surface area contributed by atoms with Crippen molar-refractivity contribution in [2.75, 3.05) is 11.5 Å². The Balaban J connectivity index is 3.03. The first kappa shape index (κ1) is 8.30. The number of nitrogens with two attached hydrogens (primary N) is 2. The second kappa shape index (κ2) is 2.59. The smallest absolute Gasteiger partial charge is 0.414 e. The molecule has 0 amide bonds. The summed E-state index contributed by atoms with van der Waals surface area (Å²) in [5.41, 5.74) is 8.41. The summed E-state index contributed by atoms with van der Waals surface area (Å²) in [6, 6.07) is 1.25. The van der Waals surface area contributed by atoms with Crippen LogP contribution in [0.5, 0.6) is 0 Å². The SMILES string of the molecule is Nc1cc2oc(=O)c(=O)oc2c(N)n1. The van der Waals surface area contributed by atoms with Gasteiger partial charge in [-0.1, -0.05) is 0 Å². The Kier molecular flexibility index (Phi) is 1.53. The summed E-state index contributed by atoms with van der Waals surface area (Å²) in [5.74, 6) is -0.0205. The van der Waals surface area contributed by atoms with Gasteiger partial charge in [0.1, 0.15) is 5.82 Å². The van der Waals surface area contributed by atoms with Gasteiger partial charge in [-0.2, -0.15) is 0 Å². The second-order valence-corrected chi connectivity index (χ2v) is 2.54. The van der Waals surface area contributed by atoms with Crippen LogP contribution in [-0.2, 0) is 0 Å². The summed E-state index contributed by atoms with van der Waals surface area (Å²) in [6.07, 6.45) is 0. The highest BCUT2D eigenvalue weighted by Crippen LogP contribution is 2.17. The molecule has 2 rings (SSSR count). The van der Waals surface area contributed by atoms with Crippen LogP contribution in [0.3, 0.4) is 0 Å². The number of nitrogen functional groups attached to an aromatic ring is 2. The molecule has 0 spiro atoms. The Morgan fingerprint density at radius 3 is 2.50 bits per heavy atom. The molecule has 0 aliphatic rings. The molecule has 0 aliphatic carbocycles. The maximum Gasteiger partial charge on any atom is 0.423 e. The zero-order valence-corrected chi connectivity index (χ0v) is 6.81. The molecule has 0 saturated carbocycles. The summed E-state index contributed by atoms with van der Waals surface area (Å²) in [4.78, 5) is 25.2. The Hall–Kier alpha value is -2.31. The van der Waals surface area contributed by atoms with Gasteiger partial charge in [0.15, 0.2) is 11.4 Å². The van der Waals surface area contributed by atoms with Gasteiger partial charge < -0.3 is 20.3 Å². The molecular weight excluding hydrogens is 190 g/mol. The van der Waals surface area contributed by atoms with E-state index in [-0.39, 0.29) is 22.8 Å². The molecule has 2 aromatic rings. The van der Waals surface area contributed by atoms with E-state index in [1.807, 2.05) is 0 Å². The van der Waals surface area contributed by atoms with E-state index in [0.29, 0.717) is 0 Å². The molecule has 2 aromatic heterocycles. The average Bonchev–Trinajstić information content (AvgIpc) is 2.08. The minimum Gasteiger partial charge on any atom is -0.414 e. The topological polar surface area (TPSA) is 125 Å². The fourth-order valence-corrected chi connectivity index (χ4v) is 1.00. The molecule has 72 valence electrons. The van der Waals surface area contributed by atoms with Crippen molar-refractivity contribution < 1.29 is 8.83 Å². The van der Waals surface area contributed by atoms with E-state index in [9.17, 15) is 9.59 Å². The van der Waals surface area contributed by atoms with Crippen molar-refractivity contribution >= 4 is 22.8 Å². The van der Waals surface area contributed by atoms with Crippen molar-refractivity contribution in [3.8, 4) is 0 Å². The molecule has 0 saturated heterocycles. The van der Waals surface area contributed by atoms with E-state index in [1.54, 1.807) is 0 Å². The van der Waals surface area contributed by atoms with Crippen LogP contribution >= 0.6 is 0 Å². The number of hydrogen-bond acceptors (Lipinski definition) is 7. The molecule has 0 atom stereocenters. The molecule has 2 heterocycles. The van der Waals surface area contributed by atoms with Crippen molar-refractivity contribution in [2.24, 2.45) is 0 Å². The maximum absolute atomic E-state index is 10.8. The minimum atomic E-state index is -1.13.